The van der Waals surface area contributed by atoms with Crippen molar-refractivity contribution in [3.63, 3.8) is 0 Å². The molecule has 21 heavy (non-hydrogen) atoms. The molecular weight excluding hydrogens is 260 g/mol. The zero-order chi connectivity index (χ0) is 15.1. The predicted octanol–water partition coefficient (Wildman–Crippen LogP) is 4.13. The number of anilines is 1. The number of rotatable bonds is 6. The maximum absolute atomic E-state index is 12.3. The SMILES string of the molecule is CCCNc1ccc(C(=O)NCC2CCCCC2)c(C)c1. The third-order valence-electron chi connectivity index (χ3n) is 4.33. The van der Waals surface area contributed by atoms with E-state index in [1.165, 1.54) is 32.1 Å². The summed E-state index contributed by atoms with van der Waals surface area (Å²) in [5, 5.41) is 6.47. The van der Waals surface area contributed by atoms with Gasteiger partial charge in [0.05, 0.1) is 0 Å². The van der Waals surface area contributed by atoms with Crippen LogP contribution in [0.2, 0.25) is 0 Å². The zero-order valence-corrected chi connectivity index (χ0v) is 13.4. The number of amides is 1. The summed E-state index contributed by atoms with van der Waals surface area (Å²) in [6.45, 7) is 5.94. The van der Waals surface area contributed by atoms with Gasteiger partial charge in [-0.25, -0.2) is 0 Å². The van der Waals surface area contributed by atoms with Gasteiger partial charge in [-0.2, -0.15) is 0 Å². The summed E-state index contributed by atoms with van der Waals surface area (Å²) in [4.78, 5) is 12.3. The molecule has 1 aliphatic rings. The second kappa shape index (κ2) is 8.06. The van der Waals surface area contributed by atoms with E-state index >= 15 is 0 Å². The molecule has 0 heterocycles. The highest BCUT2D eigenvalue weighted by atomic mass is 16.1. The lowest BCUT2D eigenvalue weighted by atomic mass is 9.89. The number of aryl methyl sites for hydroxylation is 1. The van der Waals surface area contributed by atoms with Crippen LogP contribution in [0.4, 0.5) is 5.69 Å². The molecule has 0 aromatic heterocycles. The molecule has 0 saturated heterocycles. The molecule has 1 aromatic rings. The van der Waals surface area contributed by atoms with Crippen molar-refractivity contribution in [2.45, 2.75) is 52.4 Å². The van der Waals surface area contributed by atoms with Gasteiger partial charge in [0.25, 0.3) is 5.91 Å². The highest BCUT2D eigenvalue weighted by Gasteiger charge is 2.15. The summed E-state index contributed by atoms with van der Waals surface area (Å²) < 4.78 is 0. The third-order valence-corrected chi connectivity index (χ3v) is 4.33. The standard InChI is InChI=1S/C18H28N2O/c1-3-11-19-16-9-10-17(14(2)12-16)18(21)20-13-15-7-5-4-6-8-15/h9-10,12,15,19H,3-8,11,13H2,1-2H3,(H,20,21). The van der Waals surface area contributed by atoms with Crippen LogP contribution in [0.3, 0.4) is 0 Å². The molecule has 0 bridgehead atoms. The molecule has 0 unspecified atom stereocenters. The number of hydrogen-bond donors (Lipinski definition) is 2. The van der Waals surface area contributed by atoms with E-state index in [0.717, 1.165) is 36.3 Å². The summed E-state index contributed by atoms with van der Waals surface area (Å²) in [7, 11) is 0. The second-order valence-electron chi connectivity index (χ2n) is 6.17. The zero-order valence-electron chi connectivity index (χ0n) is 13.4. The van der Waals surface area contributed by atoms with Crippen molar-refractivity contribution < 1.29 is 4.79 Å². The maximum atomic E-state index is 12.3. The molecule has 2 N–H and O–H groups in total. The van der Waals surface area contributed by atoms with Crippen molar-refractivity contribution >= 4 is 11.6 Å². The quantitative estimate of drug-likeness (QED) is 0.826. The monoisotopic (exact) mass is 288 g/mol. The molecule has 0 spiro atoms. The van der Waals surface area contributed by atoms with Gasteiger partial charge in [0.2, 0.25) is 0 Å². The van der Waals surface area contributed by atoms with Crippen molar-refractivity contribution in [1.29, 1.82) is 0 Å². The second-order valence-corrected chi connectivity index (χ2v) is 6.17. The van der Waals surface area contributed by atoms with Gasteiger partial charge >= 0.3 is 0 Å². The molecule has 3 nitrogen and oxygen atoms in total. The van der Waals surface area contributed by atoms with Gasteiger partial charge in [-0.1, -0.05) is 26.2 Å². The Labute approximate surface area is 128 Å². The molecule has 1 aliphatic carbocycles. The van der Waals surface area contributed by atoms with Gasteiger partial charge in [0, 0.05) is 24.3 Å². The van der Waals surface area contributed by atoms with Crippen molar-refractivity contribution in [3.8, 4) is 0 Å². The van der Waals surface area contributed by atoms with E-state index in [4.69, 9.17) is 0 Å². The predicted molar refractivity (Wildman–Crippen MR) is 88.9 cm³/mol. The van der Waals surface area contributed by atoms with Crippen molar-refractivity contribution in [3.05, 3.63) is 29.3 Å². The van der Waals surface area contributed by atoms with E-state index in [2.05, 4.69) is 23.6 Å². The van der Waals surface area contributed by atoms with Crippen LogP contribution < -0.4 is 10.6 Å². The first kappa shape index (κ1) is 15.9. The molecule has 2 rings (SSSR count). The van der Waals surface area contributed by atoms with Gasteiger partial charge in [0.15, 0.2) is 0 Å². The average molecular weight is 288 g/mol. The third kappa shape index (κ3) is 4.76. The average Bonchev–Trinajstić information content (AvgIpc) is 2.51. The Bertz CT molecular complexity index is 464. The van der Waals surface area contributed by atoms with Crippen LogP contribution in [0.25, 0.3) is 0 Å². The fourth-order valence-corrected chi connectivity index (χ4v) is 3.02. The molecule has 3 heteroatoms. The van der Waals surface area contributed by atoms with Crippen LogP contribution in [0, 0.1) is 12.8 Å². The molecule has 1 saturated carbocycles. The van der Waals surface area contributed by atoms with E-state index in [1.807, 2.05) is 19.1 Å². The van der Waals surface area contributed by atoms with Gasteiger partial charge < -0.3 is 10.6 Å². The number of nitrogens with one attached hydrogen (secondary N) is 2. The molecule has 0 atom stereocenters. The lowest BCUT2D eigenvalue weighted by Crippen LogP contribution is -2.30. The molecule has 1 amide bonds. The lowest BCUT2D eigenvalue weighted by Gasteiger charge is -2.22. The molecule has 0 aliphatic heterocycles. The Morgan fingerprint density at radius 3 is 2.67 bits per heavy atom. The Hall–Kier alpha value is -1.51. The summed E-state index contributed by atoms with van der Waals surface area (Å²) in [5.41, 5.74) is 2.93. The van der Waals surface area contributed by atoms with E-state index in [-0.39, 0.29) is 5.91 Å². The number of carbonyl (C=O) groups is 1. The van der Waals surface area contributed by atoms with Crippen LogP contribution >= 0.6 is 0 Å². The van der Waals surface area contributed by atoms with Crippen molar-refractivity contribution in [1.82, 2.24) is 5.32 Å². The first-order valence-corrected chi connectivity index (χ1v) is 8.33. The highest BCUT2D eigenvalue weighted by Crippen LogP contribution is 2.23. The van der Waals surface area contributed by atoms with Crippen LogP contribution in [0.5, 0.6) is 0 Å². The van der Waals surface area contributed by atoms with E-state index < -0.39 is 0 Å². The Morgan fingerprint density at radius 2 is 2.00 bits per heavy atom. The minimum Gasteiger partial charge on any atom is -0.385 e. The van der Waals surface area contributed by atoms with Gasteiger partial charge in [-0.3, -0.25) is 4.79 Å². The maximum Gasteiger partial charge on any atom is 0.251 e. The topological polar surface area (TPSA) is 41.1 Å². The number of hydrogen-bond acceptors (Lipinski definition) is 2. The minimum absolute atomic E-state index is 0.0696. The fourth-order valence-electron chi connectivity index (χ4n) is 3.02. The Morgan fingerprint density at radius 1 is 1.24 bits per heavy atom. The summed E-state index contributed by atoms with van der Waals surface area (Å²) in [6.07, 6.45) is 7.62. The summed E-state index contributed by atoms with van der Waals surface area (Å²) in [5.74, 6) is 0.744. The van der Waals surface area contributed by atoms with E-state index in [0.29, 0.717) is 5.92 Å². The molecule has 0 radical (unpaired) electrons. The van der Waals surface area contributed by atoms with E-state index in [9.17, 15) is 4.79 Å². The van der Waals surface area contributed by atoms with Crippen molar-refractivity contribution in [2.24, 2.45) is 5.92 Å². The number of carbonyl (C=O) groups excluding carboxylic acids is 1. The largest absolute Gasteiger partial charge is 0.385 e. The van der Waals surface area contributed by atoms with Gasteiger partial charge in [-0.15, -0.1) is 0 Å². The summed E-state index contributed by atoms with van der Waals surface area (Å²) in [6, 6.07) is 5.99. The molecule has 1 fully saturated rings. The lowest BCUT2D eigenvalue weighted by molar-refractivity contribution is 0.0943. The van der Waals surface area contributed by atoms with Gasteiger partial charge in [0.1, 0.15) is 0 Å². The first-order valence-electron chi connectivity index (χ1n) is 8.33. The van der Waals surface area contributed by atoms with Crippen LogP contribution in [-0.4, -0.2) is 19.0 Å². The van der Waals surface area contributed by atoms with Crippen LogP contribution in [-0.2, 0) is 0 Å². The molecular formula is C18H28N2O. The number of benzene rings is 1. The smallest absolute Gasteiger partial charge is 0.251 e. The van der Waals surface area contributed by atoms with Crippen molar-refractivity contribution in [2.75, 3.05) is 18.4 Å². The van der Waals surface area contributed by atoms with Gasteiger partial charge in [-0.05, 0) is 55.9 Å². The van der Waals surface area contributed by atoms with Crippen LogP contribution in [0.15, 0.2) is 18.2 Å². The normalized spacial score (nSPS) is 15.7. The fraction of sp³-hybridized carbons (Fsp3) is 0.611. The minimum atomic E-state index is 0.0696. The molecule has 116 valence electrons. The molecule has 1 aromatic carbocycles. The van der Waals surface area contributed by atoms with E-state index in [1.54, 1.807) is 0 Å². The highest BCUT2D eigenvalue weighted by molar-refractivity contribution is 5.96. The Kier molecular flexibility index (Phi) is 6.09. The summed E-state index contributed by atoms with van der Waals surface area (Å²) >= 11 is 0. The Balaban J connectivity index is 1.89. The van der Waals surface area contributed by atoms with Crippen LogP contribution in [0.1, 0.15) is 61.4 Å². The first-order chi connectivity index (χ1) is 10.2.